The molecule has 0 aliphatic rings. The Hall–Kier alpha value is -3.21. The van der Waals surface area contributed by atoms with Crippen LogP contribution in [0.4, 0.5) is 5.82 Å². The Kier molecular flexibility index (Phi) is 7.13. The number of aryl methyl sites for hydroxylation is 1. The summed E-state index contributed by atoms with van der Waals surface area (Å²) in [4.78, 5) is 4.28. The van der Waals surface area contributed by atoms with Gasteiger partial charge < -0.3 is 19.5 Å². The molecule has 0 saturated heterocycles. The van der Waals surface area contributed by atoms with E-state index < -0.39 is 0 Å². The zero-order chi connectivity index (χ0) is 19.6. The number of hydrogen-bond acceptors (Lipinski definition) is 5. The van der Waals surface area contributed by atoms with Gasteiger partial charge in [0.1, 0.15) is 36.3 Å². The molecular formula is C23H26N2O3. The predicted molar refractivity (Wildman–Crippen MR) is 111 cm³/mol. The Balaban J connectivity index is 1.56. The number of nitrogens with one attached hydrogen (secondary N) is 1. The van der Waals surface area contributed by atoms with E-state index in [2.05, 4.69) is 29.4 Å². The lowest BCUT2D eigenvalue weighted by Gasteiger charge is -2.14. The number of methoxy groups -OCH3 is 1. The molecular weight excluding hydrogens is 352 g/mol. The number of aromatic nitrogens is 1. The summed E-state index contributed by atoms with van der Waals surface area (Å²) in [7, 11) is 1.65. The largest absolute Gasteiger partial charge is 0.497 e. The van der Waals surface area contributed by atoms with Crippen molar-refractivity contribution in [2.75, 3.05) is 25.6 Å². The molecule has 0 aliphatic carbocycles. The van der Waals surface area contributed by atoms with Gasteiger partial charge in [0.25, 0.3) is 0 Å². The molecule has 2 aromatic carbocycles. The fraction of sp³-hybridized carbons (Fsp3) is 0.261. The predicted octanol–water partition coefficient (Wildman–Crippen LogP) is 4.72. The van der Waals surface area contributed by atoms with Gasteiger partial charge in [-0.15, -0.1) is 0 Å². The molecule has 0 saturated carbocycles. The van der Waals surface area contributed by atoms with Crippen LogP contribution in [0.2, 0.25) is 0 Å². The summed E-state index contributed by atoms with van der Waals surface area (Å²) in [5, 5.41) is 3.30. The van der Waals surface area contributed by atoms with Crippen LogP contribution in [0.15, 0.2) is 66.9 Å². The number of rotatable bonds is 10. The van der Waals surface area contributed by atoms with Crippen molar-refractivity contribution in [3.05, 3.63) is 78.0 Å². The minimum absolute atomic E-state index is 0.444. The summed E-state index contributed by atoms with van der Waals surface area (Å²) in [5.74, 6) is 3.20. The summed E-state index contributed by atoms with van der Waals surface area (Å²) >= 11 is 0. The monoisotopic (exact) mass is 378 g/mol. The van der Waals surface area contributed by atoms with Gasteiger partial charge in [-0.25, -0.2) is 4.98 Å². The molecule has 0 unspecified atom stereocenters. The molecule has 1 aromatic heterocycles. The quantitative estimate of drug-likeness (QED) is 0.517. The van der Waals surface area contributed by atoms with Crippen molar-refractivity contribution < 1.29 is 14.2 Å². The van der Waals surface area contributed by atoms with Crippen LogP contribution in [0.25, 0.3) is 0 Å². The Morgan fingerprint density at radius 3 is 2.39 bits per heavy atom. The Morgan fingerprint density at radius 2 is 1.68 bits per heavy atom. The Morgan fingerprint density at radius 1 is 0.893 bits per heavy atom. The highest BCUT2D eigenvalue weighted by atomic mass is 16.5. The summed E-state index contributed by atoms with van der Waals surface area (Å²) in [6, 6.07) is 19.7. The van der Waals surface area contributed by atoms with E-state index in [0.29, 0.717) is 19.8 Å². The second kappa shape index (κ2) is 10.2. The highest BCUT2D eigenvalue weighted by molar-refractivity contribution is 5.43. The molecule has 1 heterocycles. The first-order chi connectivity index (χ1) is 13.8. The third-order valence-electron chi connectivity index (χ3n) is 4.34. The van der Waals surface area contributed by atoms with Gasteiger partial charge in [0.2, 0.25) is 0 Å². The first kappa shape index (κ1) is 19.5. The maximum Gasteiger partial charge on any atom is 0.128 e. The Labute approximate surface area is 166 Å². The average Bonchev–Trinajstić information content (AvgIpc) is 2.76. The molecule has 1 N–H and O–H groups in total. The zero-order valence-corrected chi connectivity index (χ0v) is 16.4. The molecule has 28 heavy (non-hydrogen) atoms. The van der Waals surface area contributed by atoms with Gasteiger partial charge in [0.15, 0.2) is 0 Å². The van der Waals surface area contributed by atoms with Crippen molar-refractivity contribution in [1.82, 2.24) is 4.98 Å². The van der Waals surface area contributed by atoms with Crippen molar-refractivity contribution in [2.45, 2.75) is 19.9 Å². The minimum atomic E-state index is 0.444. The number of hydrogen-bond donors (Lipinski definition) is 1. The average molecular weight is 378 g/mol. The van der Waals surface area contributed by atoms with Crippen molar-refractivity contribution in [3.8, 4) is 17.2 Å². The molecule has 3 aromatic rings. The third-order valence-corrected chi connectivity index (χ3v) is 4.34. The fourth-order valence-corrected chi connectivity index (χ4v) is 2.73. The first-order valence-corrected chi connectivity index (χ1v) is 9.45. The maximum atomic E-state index is 5.97. The fourth-order valence-electron chi connectivity index (χ4n) is 2.73. The molecule has 0 bridgehead atoms. The van der Waals surface area contributed by atoms with E-state index in [1.807, 2.05) is 48.5 Å². The van der Waals surface area contributed by atoms with Crippen LogP contribution in [0, 0.1) is 0 Å². The van der Waals surface area contributed by atoms with Crippen LogP contribution in [-0.4, -0.2) is 25.3 Å². The standard InChI is InChI=1S/C23H26N2O3/c1-3-18-7-10-20(11-8-18)27-14-15-28-22-16-21(26-2)12-9-19(22)17-25-23-6-4-5-13-24-23/h4-13,16H,3,14-15,17H2,1-2H3,(H,24,25). The molecule has 0 amide bonds. The summed E-state index contributed by atoms with van der Waals surface area (Å²) < 4.78 is 17.1. The smallest absolute Gasteiger partial charge is 0.128 e. The highest BCUT2D eigenvalue weighted by Gasteiger charge is 2.07. The van der Waals surface area contributed by atoms with Crippen LogP contribution in [0.3, 0.4) is 0 Å². The molecule has 0 atom stereocenters. The van der Waals surface area contributed by atoms with Crippen molar-refractivity contribution in [1.29, 1.82) is 0 Å². The molecule has 0 fully saturated rings. The number of benzene rings is 2. The number of pyridine rings is 1. The van der Waals surface area contributed by atoms with Gasteiger partial charge in [-0.1, -0.05) is 25.1 Å². The highest BCUT2D eigenvalue weighted by Crippen LogP contribution is 2.25. The van der Waals surface area contributed by atoms with Gasteiger partial charge in [-0.2, -0.15) is 0 Å². The second-order valence-electron chi connectivity index (χ2n) is 6.24. The van der Waals surface area contributed by atoms with E-state index in [0.717, 1.165) is 35.1 Å². The van der Waals surface area contributed by atoms with Crippen LogP contribution in [0.5, 0.6) is 17.2 Å². The molecule has 0 spiro atoms. The van der Waals surface area contributed by atoms with E-state index in [9.17, 15) is 0 Å². The van der Waals surface area contributed by atoms with Gasteiger partial charge in [0, 0.05) is 24.4 Å². The number of ether oxygens (including phenoxy) is 3. The van der Waals surface area contributed by atoms with E-state index in [1.165, 1.54) is 5.56 Å². The van der Waals surface area contributed by atoms with Crippen molar-refractivity contribution in [3.63, 3.8) is 0 Å². The van der Waals surface area contributed by atoms with Gasteiger partial charge in [-0.3, -0.25) is 0 Å². The maximum absolute atomic E-state index is 5.97. The van der Waals surface area contributed by atoms with Crippen LogP contribution in [-0.2, 0) is 13.0 Å². The Bertz CT molecular complexity index is 851. The number of anilines is 1. The molecule has 3 rings (SSSR count). The molecule has 0 aliphatic heterocycles. The summed E-state index contributed by atoms with van der Waals surface area (Å²) in [6.07, 6.45) is 2.78. The van der Waals surface area contributed by atoms with Gasteiger partial charge in [-0.05, 0) is 48.4 Å². The van der Waals surface area contributed by atoms with Gasteiger partial charge >= 0.3 is 0 Å². The zero-order valence-electron chi connectivity index (χ0n) is 16.4. The normalized spacial score (nSPS) is 10.4. The van der Waals surface area contributed by atoms with Crippen LogP contribution < -0.4 is 19.5 Å². The first-order valence-electron chi connectivity index (χ1n) is 9.45. The van der Waals surface area contributed by atoms with E-state index in [4.69, 9.17) is 14.2 Å². The minimum Gasteiger partial charge on any atom is -0.497 e. The SMILES string of the molecule is CCc1ccc(OCCOc2cc(OC)ccc2CNc2ccccn2)cc1. The van der Waals surface area contributed by atoms with E-state index >= 15 is 0 Å². The second-order valence-corrected chi connectivity index (χ2v) is 6.24. The van der Waals surface area contributed by atoms with Crippen LogP contribution >= 0.6 is 0 Å². The van der Waals surface area contributed by atoms with Gasteiger partial charge in [0.05, 0.1) is 7.11 Å². The topological polar surface area (TPSA) is 52.6 Å². The summed E-state index contributed by atoms with van der Waals surface area (Å²) in [6.45, 7) is 3.66. The van der Waals surface area contributed by atoms with Crippen molar-refractivity contribution in [2.24, 2.45) is 0 Å². The molecule has 5 heteroatoms. The van der Waals surface area contributed by atoms with E-state index in [1.54, 1.807) is 13.3 Å². The van der Waals surface area contributed by atoms with E-state index in [-0.39, 0.29) is 0 Å². The van der Waals surface area contributed by atoms with Crippen molar-refractivity contribution >= 4 is 5.82 Å². The number of nitrogens with zero attached hydrogens (tertiary/aromatic N) is 1. The molecule has 146 valence electrons. The lowest BCUT2D eigenvalue weighted by molar-refractivity contribution is 0.215. The third kappa shape index (κ3) is 5.64. The van der Waals surface area contributed by atoms with Crippen LogP contribution in [0.1, 0.15) is 18.1 Å². The lowest BCUT2D eigenvalue weighted by Crippen LogP contribution is -2.11. The lowest BCUT2D eigenvalue weighted by atomic mass is 10.2. The molecule has 0 radical (unpaired) electrons. The summed E-state index contributed by atoms with van der Waals surface area (Å²) in [5.41, 5.74) is 2.32. The molecule has 5 nitrogen and oxygen atoms in total.